The van der Waals surface area contributed by atoms with E-state index in [2.05, 4.69) is 0 Å². The minimum atomic E-state index is -0.876. The second-order valence-corrected chi connectivity index (χ2v) is 8.77. The number of nitrogens with zero attached hydrogens (tertiary/aromatic N) is 1. The van der Waals surface area contributed by atoms with Gasteiger partial charge in [0.15, 0.2) is 0 Å². The topological polar surface area (TPSA) is 82.1 Å². The minimum Gasteiger partial charge on any atom is -0.460 e. The lowest BCUT2D eigenvalue weighted by Crippen LogP contribution is -2.50. The third kappa shape index (κ3) is 7.02. The summed E-state index contributed by atoms with van der Waals surface area (Å²) in [6, 6.07) is -0.472. The van der Waals surface area contributed by atoms with Crippen LogP contribution in [0.5, 0.6) is 0 Å². The van der Waals surface area contributed by atoms with Crippen molar-refractivity contribution in [3.63, 3.8) is 0 Å². The third-order valence-electron chi connectivity index (χ3n) is 3.39. The number of carbonyl (C=O) groups excluding carboxylic acids is 3. The van der Waals surface area contributed by atoms with E-state index in [1.54, 1.807) is 55.4 Å². The Morgan fingerprint density at radius 3 is 2.04 bits per heavy atom. The molecule has 0 radical (unpaired) electrons. The molecule has 0 aromatic carbocycles. The Labute approximate surface area is 150 Å². The molecule has 0 bridgehead atoms. The SMILES string of the molecule is CC(C)(C)OC(=O)CC(=O)C[C@H]1COC(C)(C)N1C(=O)OC(C)(C)C. The number of esters is 1. The van der Waals surface area contributed by atoms with Crippen LogP contribution < -0.4 is 0 Å². The highest BCUT2D eigenvalue weighted by Crippen LogP contribution is 2.31. The van der Waals surface area contributed by atoms with Crippen LogP contribution in [0.15, 0.2) is 0 Å². The van der Waals surface area contributed by atoms with Crippen molar-refractivity contribution in [2.45, 2.75) is 91.2 Å². The van der Waals surface area contributed by atoms with Gasteiger partial charge >= 0.3 is 12.1 Å². The van der Waals surface area contributed by atoms with Crippen molar-refractivity contribution in [1.82, 2.24) is 4.90 Å². The van der Waals surface area contributed by atoms with Crippen LogP contribution in [0.1, 0.15) is 68.2 Å². The molecule has 0 aromatic rings. The highest BCUT2D eigenvalue weighted by atomic mass is 16.6. The third-order valence-corrected chi connectivity index (χ3v) is 3.39. The molecular weight excluding hydrogens is 326 g/mol. The van der Waals surface area contributed by atoms with Crippen LogP contribution in [0, 0.1) is 0 Å². The molecule has 1 saturated heterocycles. The molecule has 0 spiro atoms. The monoisotopic (exact) mass is 357 g/mol. The molecule has 1 rings (SSSR count). The Kier molecular flexibility index (Phi) is 6.27. The van der Waals surface area contributed by atoms with Gasteiger partial charge in [0.1, 0.15) is 29.1 Å². The average molecular weight is 357 g/mol. The standard InChI is InChI=1S/C18H31NO6/c1-16(2,3)24-14(21)10-13(20)9-12-11-23-18(7,8)19(12)15(22)25-17(4,5)6/h12H,9-11H2,1-8H3/t12-/m0/s1. The number of hydrogen-bond donors (Lipinski definition) is 0. The largest absolute Gasteiger partial charge is 0.460 e. The molecule has 0 N–H and O–H groups in total. The molecule has 0 aromatic heterocycles. The number of ketones is 1. The van der Waals surface area contributed by atoms with Gasteiger partial charge in [0, 0.05) is 6.42 Å². The highest BCUT2D eigenvalue weighted by molar-refractivity contribution is 5.96. The molecule has 1 fully saturated rings. The smallest absolute Gasteiger partial charge is 0.412 e. The van der Waals surface area contributed by atoms with Gasteiger partial charge in [-0.2, -0.15) is 0 Å². The summed E-state index contributed by atoms with van der Waals surface area (Å²) < 4.78 is 16.2. The first-order chi connectivity index (χ1) is 11.1. The summed E-state index contributed by atoms with van der Waals surface area (Å²) in [5, 5.41) is 0. The summed E-state index contributed by atoms with van der Waals surface area (Å²) >= 11 is 0. The fourth-order valence-corrected chi connectivity index (χ4v) is 2.59. The zero-order valence-electron chi connectivity index (χ0n) is 16.6. The highest BCUT2D eigenvalue weighted by Gasteiger charge is 2.46. The van der Waals surface area contributed by atoms with Crippen molar-refractivity contribution in [3.05, 3.63) is 0 Å². The van der Waals surface area contributed by atoms with Gasteiger partial charge in [0.05, 0.1) is 12.6 Å². The van der Waals surface area contributed by atoms with E-state index in [1.165, 1.54) is 4.90 Å². The zero-order chi connectivity index (χ0) is 19.6. The van der Waals surface area contributed by atoms with Gasteiger partial charge in [-0.25, -0.2) is 4.79 Å². The summed E-state index contributed by atoms with van der Waals surface area (Å²) in [7, 11) is 0. The van der Waals surface area contributed by atoms with Crippen LogP contribution in [0.25, 0.3) is 0 Å². The summed E-state index contributed by atoms with van der Waals surface area (Å²) in [6.07, 6.45) is -0.844. The lowest BCUT2D eigenvalue weighted by Gasteiger charge is -2.35. The lowest BCUT2D eigenvalue weighted by molar-refractivity contribution is -0.156. The maximum atomic E-state index is 12.5. The molecule has 144 valence electrons. The Hall–Kier alpha value is -1.63. The number of rotatable bonds is 4. The van der Waals surface area contributed by atoms with E-state index >= 15 is 0 Å². The fourth-order valence-electron chi connectivity index (χ4n) is 2.59. The summed E-state index contributed by atoms with van der Waals surface area (Å²) in [5.74, 6) is -0.867. The molecule has 1 atom stereocenters. The summed E-state index contributed by atoms with van der Waals surface area (Å²) in [4.78, 5) is 38.0. The van der Waals surface area contributed by atoms with Crippen molar-refractivity contribution in [2.75, 3.05) is 6.61 Å². The number of carbonyl (C=O) groups is 3. The van der Waals surface area contributed by atoms with Crippen LogP contribution in [0.3, 0.4) is 0 Å². The number of ether oxygens (including phenoxy) is 3. The van der Waals surface area contributed by atoms with Gasteiger partial charge in [0.2, 0.25) is 0 Å². The van der Waals surface area contributed by atoms with Crippen molar-refractivity contribution in [3.8, 4) is 0 Å². The quantitative estimate of drug-likeness (QED) is 0.568. The van der Waals surface area contributed by atoms with Gasteiger partial charge < -0.3 is 14.2 Å². The average Bonchev–Trinajstić information content (AvgIpc) is 2.58. The lowest BCUT2D eigenvalue weighted by atomic mass is 10.1. The normalized spacial score (nSPS) is 20.3. The first-order valence-corrected chi connectivity index (χ1v) is 8.50. The molecule has 1 aliphatic rings. The molecule has 1 heterocycles. The van der Waals surface area contributed by atoms with Gasteiger partial charge in [0.25, 0.3) is 0 Å². The maximum absolute atomic E-state index is 12.5. The van der Waals surface area contributed by atoms with E-state index in [-0.39, 0.29) is 25.2 Å². The fraction of sp³-hybridized carbons (Fsp3) is 0.833. The predicted octanol–water partition coefficient (Wildman–Crippen LogP) is 3.05. The Balaban J connectivity index is 2.74. The maximum Gasteiger partial charge on any atom is 0.412 e. The predicted molar refractivity (Wildman–Crippen MR) is 92.0 cm³/mol. The molecule has 0 saturated carbocycles. The summed E-state index contributed by atoms with van der Waals surface area (Å²) in [5.41, 5.74) is -2.17. The number of hydrogen-bond acceptors (Lipinski definition) is 6. The minimum absolute atomic E-state index is 0.0158. The molecule has 0 unspecified atom stereocenters. The van der Waals surface area contributed by atoms with Gasteiger partial charge in [-0.1, -0.05) is 0 Å². The molecular formula is C18H31NO6. The Bertz CT molecular complexity index is 527. The van der Waals surface area contributed by atoms with E-state index < -0.39 is 35.0 Å². The zero-order valence-corrected chi connectivity index (χ0v) is 16.6. The molecule has 7 nitrogen and oxygen atoms in total. The van der Waals surface area contributed by atoms with E-state index in [0.717, 1.165) is 0 Å². The molecule has 0 aliphatic carbocycles. The molecule has 1 aliphatic heterocycles. The molecule has 25 heavy (non-hydrogen) atoms. The van der Waals surface area contributed by atoms with Crippen LogP contribution in [0.2, 0.25) is 0 Å². The Morgan fingerprint density at radius 1 is 1.04 bits per heavy atom. The van der Waals surface area contributed by atoms with Crippen molar-refractivity contribution in [2.24, 2.45) is 0 Å². The van der Waals surface area contributed by atoms with Crippen molar-refractivity contribution >= 4 is 17.8 Å². The van der Waals surface area contributed by atoms with Crippen LogP contribution >= 0.6 is 0 Å². The first kappa shape index (κ1) is 21.4. The van der Waals surface area contributed by atoms with Crippen molar-refractivity contribution in [1.29, 1.82) is 0 Å². The molecule has 1 amide bonds. The van der Waals surface area contributed by atoms with Crippen molar-refractivity contribution < 1.29 is 28.6 Å². The van der Waals surface area contributed by atoms with Gasteiger partial charge in [-0.05, 0) is 55.4 Å². The van der Waals surface area contributed by atoms with Crippen LogP contribution in [0.4, 0.5) is 4.79 Å². The van der Waals surface area contributed by atoms with Crippen LogP contribution in [-0.2, 0) is 23.8 Å². The number of amides is 1. The van der Waals surface area contributed by atoms with E-state index in [0.29, 0.717) is 0 Å². The summed E-state index contributed by atoms with van der Waals surface area (Å²) in [6.45, 7) is 14.3. The first-order valence-electron chi connectivity index (χ1n) is 8.50. The number of Topliss-reactive ketones (excluding diaryl/α,β-unsaturated/α-hetero) is 1. The molecule has 7 heteroatoms. The second-order valence-electron chi connectivity index (χ2n) is 8.77. The van der Waals surface area contributed by atoms with E-state index in [4.69, 9.17) is 14.2 Å². The van der Waals surface area contributed by atoms with Crippen LogP contribution in [-0.4, -0.2) is 52.3 Å². The van der Waals surface area contributed by atoms with Gasteiger partial charge in [-0.15, -0.1) is 0 Å². The second kappa shape index (κ2) is 7.32. The Morgan fingerprint density at radius 2 is 1.56 bits per heavy atom. The van der Waals surface area contributed by atoms with E-state index in [1.807, 2.05) is 0 Å². The van der Waals surface area contributed by atoms with Gasteiger partial charge in [-0.3, -0.25) is 14.5 Å². The van der Waals surface area contributed by atoms with E-state index in [9.17, 15) is 14.4 Å².